The van der Waals surface area contributed by atoms with E-state index in [0.717, 1.165) is 35.7 Å². The van der Waals surface area contributed by atoms with Crippen molar-refractivity contribution in [2.24, 2.45) is 5.92 Å². The van der Waals surface area contributed by atoms with Crippen molar-refractivity contribution in [2.75, 3.05) is 5.73 Å². The van der Waals surface area contributed by atoms with Crippen LogP contribution in [0.1, 0.15) is 36.0 Å². The lowest BCUT2D eigenvalue weighted by molar-refractivity contribution is -0.144. The molecule has 4 rings (SSSR count). The van der Waals surface area contributed by atoms with Crippen LogP contribution in [0.3, 0.4) is 0 Å². The topological polar surface area (TPSA) is 51.0 Å². The second-order valence-electron chi connectivity index (χ2n) is 7.57. The van der Waals surface area contributed by atoms with E-state index < -0.39 is 34.9 Å². The van der Waals surface area contributed by atoms with Crippen LogP contribution < -0.4 is 10.5 Å². The summed E-state index contributed by atoms with van der Waals surface area (Å²) in [5.74, 6) is -0.878. The number of rotatable bonds is 4. The Hall–Kier alpha value is -2.84. The van der Waals surface area contributed by atoms with Gasteiger partial charge in [0.15, 0.2) is 5.75 Å². The molecule has 1 aromatic heterocycles. The molecule has 0 aliphatic heterocycles. The van der Waals surface area contributed by atoms with E-state index in [-0.39, 0.29) is 5.75 Å². The molecule has 160 valence electrons. The number of fused-ring (bicyclic) bond motifs is 1. The van der Waals surface area contributed by atoms with Gasteiger partial charge in [-0.05, 0) is 48.2 Å². The predicted molar refractivity (Wildman–Crippen MR) is 100 cm³/mol. The molecule has 1 saturated carbocycles. The SMILES string of the molecule is Nc1cc(C(F)(F)F)c(Oc2ccc3[nH]cc(CC4CCC4)c3c2)c(C(F)(F)F)c1. The Morgan fingerprint density at radius 3 is 2.13 bits per heavy atom. The van der Waals surface area contributed by atoms with Crippen molar-refractivity contribution < 1.29 is 31.1 Å². The van der Waals surface area contributed by atoms with Crippen LogP contribution in [0.4, 0.5) is 32.0 Å². The highest BCUT2D eigenvalue weighted by atomic mass is 19.4. The van der Waals surface area contributed by atoms with Crippen LogP contribution in [0, 0.1) is 5.92 Å². The first kappa shape index (κ1) is 20.4. The van der Waals surface area contributed by atoms with Crippen LogP contribution >= 0.6 is 0 Å². The average molecular weight is 428 g/mol. The van der Waals surface area contributed by atoms with Crippen molar-refractivity contribution in [1.29, 1.82) is 0 Å². The van der Waals surface area contributed by atoms with Gasteiger partial charge in [0.05, 0.1) is 0 Å². The number of aromatic nitrogens is 1. The van der Waals surface area contributed by atoms with Gasteiger partial charge in [0, 0.05) is 22.8 Å². The van der Waals surface area contributed by atoms with Gasteiger partial charge in [0.25, 0.3) is 0 Å². The normalized spacial score (nSPS) is 15.4. The highest BCUT2D eigenvalue weighted by Gasteiger charge is 2.43. The summed E-state index contributed by atoms with van der Waals surface area (Å²) in [7, 11) is 0. The van der Waals surface area contributed by atoms with Gasteiger partial charge >= 0.3 is 12.4 Å². The molecule has 1 aliphatic rings. The third-order valence-electron chi connectivity index (χ3n) is 5.41. The fourth-order valence-electron chi connectivity index (χ4n) is 3.70. The first-order valence-corrected chi connectivity index (χ1v) is 9.38. The van der Waals surface area contributed by atoms with Crippen LogP contribution in [0.25, 0.3) is 10.9 Å². The van der Waals surface area contributed by atoms with E-state index >= 15 is 0 Å². The first-order chi connectivity index (χ1) is 14.0. The lowest BCUT2D eigenvalue weighted by Crippen LogP contribution is -2.15. The van der Waals surface area contributed by atoms with Gasteiger partial charge in [-0.1, -0.05) is 19.3 Å². The van der Waals surface area contributed by atoms with Crippen molar-refractivity contribution in [2.45, 2.75) is 38.0 Å². The lowest BCUT2D eigenvalue weighted by atomic mass is 9.81. The van der Waals surface area contributed by atoms with E-state index in [1.165, 1.54) is 18.6 Å². The standard InChI is InChI=1S/C21H18F6N2O/c22-20(23,24)16-7-13(28)8-17(21(25,26)27)19(16)30-14-4-5-18-15(9-14)12(10-29-18)6-11-2-1-3-11/h4-5,7-11,29H,1-3,6,28H2. The molecule has 0 amide bonds. The number of nitrogen functional groups attached to an aromatic ring is 1. The van der Waals surface area contributed by atoms with Gasteiger partial charge in [-0.15, -0.1) is 0 Å². The molecular formula is C21H18F6N2O. The summed E-state index contributed by atoms with van der Waals surface area (Å²) >= 11 is 0. The van der Waals surface area contributed by atoms with E-state index in [9.17, 15) is 26.3 Å². The molecule has 0 unspecified atom stereocenters. The minimum absolute atomic E-state index is 0.113. The maximum absolute atomic E-state index is 13.4. The Balaban J connectivity index is 1.78. The molecule has 0 bridgehead atoms. The lowest BCUT2D eigenvalue weighted by Gasteiger charge is -2.24. The summed E-state index contributed by atoms with van der Waals surface area (Å²) in [6, 6.07) is 5.27. The number of anilines is 1. The van der Waals surface area contributed by atoms with E-state index in [1.54, 1.807) is 6.07 Å². The molecule has 3 aromatic rings. The van der Waals surface area contributed by atoms with Gasteiger partial charge in [-0.25, -0.2) is 0 Å². The van der Waals surface area contributed by atoms with Crippen LogP contribution in [0.5, 0.6) is 11.5 Å². The summed E-state index contributed by atoms with van der Waals surface area (Å²) in [6.45, 7) is 0. The molecular weight excluding hydrogens is 410 g/mol. The fourth-order valence-corrected chi connectivity index (χ4v) is 3.70. The molecule has 30 heavy (non-hydrogen) atoms. The highest BCUT2D eigenvalue weighted by molar-refractivity contribution is 5.84. The molecule has 0 spiro atoms. The Bertz CT molecular complexity index is 1040. The van der Waals surface area contributed by atoms with E-state index in [0.29, 0.717) is 18.1 Å². The van der Waals surface area contributed by atoms with Crippen LogP contribution in [-0.2, 0) is 18.8 Å². The Labute approximate surface area is 167 Å². The number of hydrogen-bond acceptors (Lipinski definition) is 2. The van der Waals surface area contributed by atoms with Gasteiger partial charge in [0.1, 0.15) is 16.9 Å². The minimum atomic E-state index is -5.07. The van der Waals surface area contributed by atoms with Crippen LogP contribution in [0.15, 0.2) is 36.5 Å². The number of aromatic amines is 1. The zero-order chi connectivity index (χ0) is 21.7. The minimum Gasteiger partial charge on any atom is -0.456 e. The van der Waals surface area contributed by atoms with Crippen molar-refractivity contribution >= 4 is 16.6 Å². The summed E-state index contributed by atoms with van der Waals surface area (Å²) in [5.41, 5.74) is 3.21. The van der Waals surface area contributed by atoms with E-state index in [1.807, 2.05) is 6.20 Å². The van der Waals surface area contributed by atoms with Crippen LogP contribution in [-0.4, -0.2) is 4.98 Å². The van der Waals surface area contributed by atoms with Crippen molar-refractivity contribution in [3.63, 3.8) is 0 Å². The molecule has 0 radical (unpaired) electrons. The summed E-state index contributed by atoms with van der Waals surface area (Å²) in [6.07, 6.45) is -4.14. The number of nitrogens with two attached hydrogens (primary N) is 1. The number of alkyl halides is 6. The maximum atomic E-state index is 13.4. The van der Waals surface area contributed by atoms with Gasteiger partial charge in [-0.3, -0.25) is 0 Å². The number of benzene rings is 2. The quantitative estimate of drug-likeness (QED) is 0.350. The summed E-state index contributed by atoms with van der Waals surface area (Å²) in [4.78, 5) is 3.08. The highest BCUT2D eigenvalue weighted by Crippen LogP contribution is 2.47. The second-order valence-corrected chi connectivity index (χ2v) is 7.57. The number of nitrogens with one attached hydrogen (secondary N) is 1. The van der Waals surface area contributed by atoms with E-state index in [4.69, 9.17) is 10.5 Å². The molecule has 0 atom stereocenters. The predicted octanol–water partition coefficient (Wildman–Crippen LogP) is 6.92. The van der Waals surface area contributed by atoms with Crippen molar-refractivity contribution in [3.05, 3.63) is 53.2 Å². The zero-order valence-corrected chi connectivity index (χ0v) is 15.6. The molecule has 3 N–H and O–H groups in total. The zero-order valence-electron chi connectivity index (χ0n) is 15.6. The van der Waals surface area contributed by atoms with Crippen molar-refractivity contribution in [3.8, 4) is 11.5 Å². The van der Waals surface area contributed by atoms with Crippen molar-refractivity contribution in [1.82, 2.24) is 4.98 Å². The first-order valence-electron chi connectivity index (χ1n) is 9.38. The maximum Gasteiger partial charge on any atom is 0.420 e. The van der Waals surface area contributed by atoms with Gasteiger partial charge in [0.2, 0.25) is 0 Å². The fraction of sp³-hybridized carbons (Fsp3) is 0.333. The van der Waals surface area contributed by atoms with Crippen LogP contribution in [0.2, 0.25) is 0 Å². The summed E-state index contributed by atoms with van der Waals surface area (Å²) in [5, 5.41) is 0.719. The average Bonchev–Trinajstić information content (AvgIpc) is 2.99. The smallest absolute Gasteiger partial charge is 0.420 e. The Kier molecular flexibility index (Phi) is 4.86. The number of halogens is 6. The molecule has 0 saturated heterocycles. The largest absolute Gasteiger partial charge is 0.456 e. The van der Waals surface area contributed by atoms with Gasteiger partial charge in [-0.2, -0.15) is 26.3 Å². The number of H-pyrrole nitrogens is 1. The molecule has 1 heterocycles. The third-order valence-corrected chi connectivity index (χ3v) is 5.41. The molecule has 9 heteroatoms. The van der Waals surface area contributed by atoms with E-state index in [2.05, 4.69) is 4.98 Å². The molecule has 2 aromatic carbocycles. The molecule has 1 fully saturated rings. The Morgan fingerprint density at radius 2 is 1.60 bits per heavy atom. The third kappa shape index (κ3) is 3.93. The monoisotopic (exact) mass is 428 g/mol. The van der Waals surface area contributed by atoms with Gasteiger partial charge < -0.3 is 15.5 Å². The number of hydrogen-bond donors (Lipinski definition) is 2. The molecule has 1 aliphatic carbocycles. The summed E-state index contributed by atoms with van der Waals surface area (Å²) < 4.78 is 85.9. The second kappa shape index (κ2) is 7.14. The Morgan fingerprint density at radius 1 is 0.967 bits per heavy atom. The number of ether oxygens (including phenoxy) is 1. The molecule has 3 nitrogen and oxygen atoms in total.